The smallest absolute Gasteiger partial charge is 0.266 e. The molecule has 2 rings (SSSR count). The van der Waals surface area contributed by atoms with Gasteiger partial charge in [0.25, 0.3) is 9.05 Å². The van der Waals surface area contributed by atoms with E-state index in [9.17, 15) is 8.42 Å². The van der Waals surface area contributed by atoms with Crippen LogP contribution in [-0.2, 0) is 9.05 Å². The van der Waals surface area contributed by atoms with Gasteiger partial charge in [0.15, 0.2) is 11.5 Å². The summed E-state index contributed by atoms with van der Waals surface area (Å²) >= 11 is 3.17. The Hall–Kier alpha value is -0.460. The fourth-order valence-corrected chi connectivity index (χ4v) is 3.74. The highest BCUT2D eigenvalue weighted by Crippen LogP contribution is 2.45. The number of hydrogen-bond acceptors (Lipinski definition) is 4. The summed E-state index contributed by atoms with van der Waals surface area (Å²) in [6.45, 7) is 1.75. The van der Waals surface area contributed by atoms with Gasteiger partial charge in [0.2, 0.25) is 6.79 Å². The third-order valence-electron chi connectivity index (χ3n) is 1.98. The molecular formula is C8H6BrClO4S. The van der Waals surface area contributed by atoms with Crippen LogP contribution in [0.3, 0.4) is 0 Å². The molecule has 0 amide bonds. The number of ether oxygens (including phenoxy) is 2. The normalized spacial score (nSPS) is 14.3. The topological polar surface area (TPSA) is 52.6 Å². The van der Waals surface area contributed by atoms with Crippen molar-refractivity contribution >= 4 is 35.7 Å². The lowest BCUT2D eigenvalue weighted by molar-refractivity contribution is 0.172. The molecule has 0 spiro atoms. The number of hydrogen-bond donors (Lipinski definition) is 0. The third-order valence-corrected chi connectivity index (χ3v) is 4.61. The van der Waals surface area contributed by atoms with Crippen molar-refractivity contribution < 1.29 is 17.9 Å². The largest absolute Gasteiger partial charge is 0.454 e. The van der Waals surface area contributed by atoms with E-state index in [4.69, 9.17) is 20.2 Å². The van der Waals surface area contributed by atoms with Crippen molar-refractivity contribution in [3.05, 3.63) is 16.1 Å². The lowest BCUT2D eigenvalue weighted by atomic mass is 10.2. The Bertz CT molecular complexity index is 526. The predicted molar refractivity (Wildman–Crippen MR) is 58.0 cm³/mol. The first-order valence-electron chi connectivity index (χ1n) is 3.94. The van der Waals surface area contributed by atoms with E-state index in [2.05, 4.69) is 15.9 Å². The van der Waals surface area contributed by atoms with Gasteiger partial charge in [-0.25, -0.2) is 8.42 Å². The minimum Gasteiger partial charge on any atom is -0.454 e. The Morgan fingerprint density at radius 1 is 1.47 bits per heavy atom. The van der Waals surface area contributed by atoms with Gasteiger partial charge in [-0.1, -0.05) is 0 Å². The number of rotatable bonds is 1. The van der Waals surface area contributed by atoms with E-state index < -0.39 is 9.05 Å². The van der Waals surface area contributed by atoms with Crippen LogP contribution in [0.4, 0.5) is 0 Å². The van der Waals surface area contributed by atoms with E-state index >= 15 is 0 Å². The van der Waals surface area contributed by atoms with Crippen molar-refractivity contribution in [1.29, 1.82) is 0 Å². The zero-order valence-electron chi connectivity index (χ0n) is 7.58. The van der Waals surface area contributed by atoms with Crippen LogP contribution in [0.5, 0.6) is 11.5 Å². The van der Waals surface area contributed by atoms with Gasteiger partial charge >= 0.3 is 0 Å². The van der Waals surface area contributed by atoms with Crippen molar-refractivity contribution in [1.82, 2.24) is 0 Å². The SMILES string of the molecule is Cc1cc2c(c(S(=O)(=O)Cl)c1Br)OCO2. The molecule has 0 saturated carbocycles. The van der Waals surface area contributed by atoms with Crippen molar-refractivity contribution in [2.75, 3.05) is 6.79 Å². The molecule has 0 bridgehead atoms. The summed E-state index contributed by atoms with van der Waals surface area (Å²) in [6.07, 6.45) is 0. The Morgan fingerprint density at radius 3 is 2.73 bits per heavy atom. The van der Waals surface area contributed by atoms with Gasteiger partial charge in [-0.15, -0.1) is 0 Å². The molecule has 0 unspecified atom stereocenters. The summed E-state index contributed by atoms with van der Waals surface area (Å²) < 4.78 is 33.3. The van der Waals surface area contributed by atoms with Gasteiger partial charge in [-0.05, 0) is 34.5 Å². The Morgan fingerprint density at radius 2 is 2.13 bits per heavy atom. The van der Waals surface area contributed by atoms with Gasteiger partial charge in [-0.3, -0.25) is 0 Å². The molecule has 15 heavy (non-hydrogen) atoms. The fourth-order valence-electron chi connectivity index (χ4n) is 1.33. The van der Waals surface area contributed by atoms with Crippen LogP contribution in [0.15, 0.2) is 15.4 Å². The highest BCUT2D eigenvalue weighted by atomic mass is 79.9. The molecule has 1 aliphatic heterocycles. The van der Waals surface area contributed by atoms with E-state index in [0.717, 1.165) is 5.56 Å². The zero-order valence-corrected chi connectivity index (χ0v) is 10.7. The summed E-state index contributed by atoms with van der Waals surface area (Å²) in [6, 6.07) is 1.69. The molecule has 0 atom stereocenters. The van der Waals surface area contributed by atoms with Crippen molar-refractivity contribution in [3.63, 3.8) is 0 Å². The van der Waals surface area contributed by atoms with Crippen molar-refractivity contribution in [3.8, 4) is 11.5 Å². The molecule has 82 valence electrons. The van der Waals surface area contributed by atoms with E-state index in [1.807, 2.05) is 0 Å². The molecule has 1 aliphatic rings. The molecule has 0 aliphatic carbocycles. The predicted octanol–water partition coefficient (Wildman–Crippen LogP) is 2.41. The second-order valence-corrected chi connectivity index (χ2v) is 6.30. The second-order valence-electron chi connectivity index (χ2n) is 3.01. The summed E-state index contributed by atoms with van der Waals surface area (Å²) in [5.41, 5.74) is 0.721. The first-order valence-corrected chi connectivity index (χ1v) is 7.05. The maximum atomic E-state index is 11.4. The maximum absolute atomic E-state index is 11.4. The molecule has 0 fully saturated rings. The molecule has 0 N–H and O–H groups in total. The lowest BCUT2D eigenvalue weighted by Crippen LogP contribution is -1.98. The van der Waals surface area contributed by atoms with Crippen LogP contribution >= 0.6 is 26.6 Å². The van der Waals surface area contributed by atoms with Crippen LogP contribution in [0.25, 0.3) is 0 Å². The molecule has 4 nitrogen and oxygen atoms in total. The average molecular weight is 314 g/mol. The number of benzene rings is 1. The Kier molecular flexibility index (Phi) is 2.60. The zero-order chi connectivity index (χ0) is 11.2. The maximum Gasteiger partial charge on any atom is 0.266 e. The molecule has 0 saturated heterocycles. The van der Waals surface area contributed by atoms with Gasteiger partial charge in [-0.2, -0.15) is 0 Å². The summed E-state index contributed by atoms with van der Waals surface area (Å²) in [4.78, 5) is -0.0725. The van der Waals surface area contributed by atoms with Gasteiger partial charge in [0.1, 0.15) is 4.90 Å². The lowest BCUT2D eigenvalue weighted by Gasteiger charge is -2.07. The standard InChI is InChI=1S/C8H6BrClO4S/c1-4-2-5-7(14-3-13-5)8(6(4)9)15(10,11)12/h2H,3H2,1H3. The average Bonchev–Trinajstić information content (AvgIpc) is 2.50. The summed E-state index contributed by atoms with van der Waals surface area (Å²) in [5, 5.41) is 0. The molecule has 1 aromatic carbocycles. The van der Waals surface area contributed by atoms with Gasteiger partial charge < -0.3 is 9.47 Å². The monoisotopic (exact) mass is 312 g/mol. The minimum absolute atomic E-state index is 0.00460. The number of halogens is 2. The molecule has 7 heteroatoms. The van der Waals surface area contributed by atoms with E-state index in [1.54, 1.807) is 13.0 Å². The first kappa shape index (κ1) is 11.0. The van der Waals surface area contributed by atoms with Crippen LogP contribution in [0.2, 0.25) is 0 Å². The van der Waals surface area contributed by atoms with Gasteiger partial charge in [0, 0.05) is 15.2 Å². The number of aryl methyl sites for hydroxylation is 1. The quantitative estimate of drug-likeness (QED) is 0.747. The molecule has 1 heterocycles. The second kappa shape index (κ2) is 3.54. The molecular weight excluding hydrogens is 308 g/mol. The third kappa shape index (κ3) is 1.81. The van der Waals surface area contributed by atoms with Crippen LogP contribution in [0.1, 0.15) is 5.56 Å². The van der Waals surface area contributed by atoms with E-state index in [0.29, 0.717) is 10.2 Å². The highest BCUT2D eigenvalue weighted by molar-refractivity contribution is 9.10. The van der Waals surface area contributed by atoms with E-state index in [-0.39, 0.29) is 17.4 Å². The summed E-state index contributed by atoms with van der Waals surface area (Å²) in [7, 11) is 1.47. The Balaban J connectivity index is 2.83. The van der Waals surface area contributed by atoms with Crippen LogP contribution in [-0.4, -0.2) is 15.2 Å². The minimum atomic E-state index is -3.86. The first-order chi connectivity index (χ1) is 6.91. The van der Waals surface area contributed by atoms with Crippen LogP contribution in [0, 0.1) is 6.92 Å². The highest BCUT2D eigenvalue weighted by Gasteiger charge is 2.29. The van der Waals surface area contributed by atoms with Crippen molar-refractivity contribution in [2.24, 2.45) is 0 Å². The summed E-state index contributed by atoms with van der Waals surface area (Å²) in [5.74, 6) is 0.567. The number of fused-ring (bicyclic) bond motifs is 1. The van der Waals surface area contributed by atoms with Crippen molar-refractivity contribution in [2.45, 2.75) is 11.8 Å². The Labute approximate surface area is 99.7 Å². The molecule has 0 aromatic heterocycles. The van der Waals surface area contributed by atoms with Crippen LogP contribution < -0.4 is 9.47 Å². The fraction of sp³-hybridized carbons (Fsp3) is 0.250. The van der Waals surface area contributed by atoms with Gasteiger partial charge in [0.05, 0.1) is 0 Å². The molecule has 0 radical (unpaired) electrons. The van der Waals surface area contributed by atoms with E-state index in [1.165, 1.54) is 0 Å². The molecule has 1 aromatic rings.